The number of hydrogen-bond acceptors (Lipinski definition) is 5. The Kier molecular flexibility index (Phi) is 6.82. The van der Waals surface area contributed by atoms with Gasteiger partial charge < -0.3 is 14.9 Å². The lowest BCUT2D eigenvalue weighted by Gasteiger charge is -2.25. The highest BCUT2D eigenvalue weighted by Crippen LogP contribution is 2.43. The fourth-order valence-corrected chi connectivity index (χ4v) is 4.25. The molecule has 1 aliphatic rings. The number of benzene rings is 3. The third-order valence-corrected chi connectivity index (χ3v) is 6.38. The van der Waals surface area contributed by atoms with E-state index in [0.717, 1.165) is 0 Å². The fourth-order valence-electron chi connectivity index (χ4n) is 3.95. The third kappa shape index (κ3) is 4.73. The van der Waals surface area contributed by atoms with E-state index < -0.39 is 29.5 Å². The number of aliphatic carboxylic acids is 1. The SMILES string of the molecule is COc1ccc(C2/C(=C(/O)c3ccc(Cl)c(Cl)c3)C(=O)C(=O)N2c2ccc(CC(=O)O)cc2)cc1. The van der Waals surface area contributed by atoms with Crippen molar-refractivity contribution in [2.75, 3.05) is 12.0 Å². The Morgan fingerprint density at radius 1 is 0.943 bits per heavy atom. The van der Waals surface area contributed by atoms with Crippen LogP contribution in [0.15, 0.2) is 72.3 Å². The van der Waals surface area contributed by atoms with Crippen molar-refractivity contribution in [1.82, 2.24) is 0 Å². The lowest BCUT2D eigenvalue weighted by atomic mass is 9.95. The van der Waals surface area contributed by atoms with Gasteiger partial charge in [-0.1, -0.05) is 47.5 Å². The number of carbonyl (C=O) groups excluding carboxylic acids is 2. The molecule has 2 N–H and O–H groups in total. The zero-order chi connectivity index (χ0) is 25.3. The number of nitrogens with zero attached hydrogens (tertiary/aromatic N) is 1. The van der Waals surface area contributed by atoms with Crippen LogP contribution in [0.5, 0.6) is 5.75 Å². The van der Waals surface area contributed by atoms with Crippen molar-refractivity contribution in [3.63, 3.8) is 0 Å². The number of aliphatic hydroxyl groups is 1. The minimum Gasteiger partial charge on any atom is -0.507 e. The van der Waals surface area contributed by atoms with Crippen molar-refractivity contribution < 1.29 is 29.3 Å². The second-order valence-corrected chi connectivity index (χ2v) is 8.62. The Hall–Kier alpha value is -3.81. The van der Waals surface area contributed by atoms with Crippen LogP contribution in [0.25, 0.3) is 5.76 Å². The summed E-state index contributed by atoms with van der Waals surface area (Å²) in [5, 5.41) is 20.6. The van der Waals surface area contributed by atoms with Gasteiger partial charge in [-0.2, -0.15) is 0 Å². The molecule has 7 nitrogen and oxygen atoms in total. The van der Waals surface area contributed by atoms with Crippen LogP contribution in [0.3, 0.4) is 0 Å². The van der Waals surface area contributed by atoms with Gasteiger partial charge in [0.05, 0.1) is 35.2 Å². The maximum absolute atomic E-state index is 13.2. The number of aliphatic hydroxyl groups excluding tert-OH is 1. The molecular weight excluding hydrogens is 493 g/mol. The highest BCUT2D eigenvalue weighted by molar-refractivity contribution is 6.51. The molecule has 0 aliphatic carbocycles. The molecule has 0 aromatic heterocycles. The Balaban J connectivity index is 1.88. The van der Waals surface area contributed by atoms with E-state index in [4.69, 9.17) is 33.0 Å². The van der Waals surface area contributed by atoms with Gasteiger partial charge in [0.25, 0.3) is 11.7 Å². The molecule has 3 aromatic rings. The molecule has 178 valence electrons. The van der Waals surface area contributed by atoms with E-state index in [1.165, 1.54) is 30.2 Å². The average molecular weight is 512 g/mol. The highest BCUT2D eigenvalue weighted by Gasteiger charge is 2.47. The molecule has 0 radical (unpaired) electrons. The van der Waals surface area contributed by atoms with Crippen LogP contribution < -0.4 is 9.64 Å². The summed E-state index contributed by atoms with van der Waals surface area (Å²) in [5.41, 5.74) is 1.58. The lowest BCUT2D eigenvalue weighted by Crippen LogP contribution is -2.29. The number of carboxylic acids is 1. The van der Waals surface area contributed by atoms with E-state index >= 15 is 0 Å². The predicted octanol–water partition coefficient (Wildman–Crippen LogP) is 5.26. The van der Waals surface area contributed by atoms with Gasteiger partial charge in [-0.05, 0) is 53.6 Å². The summed E-state index contributed by atoms with van der Waals surface area (Å²) in [6, 6.07) is 16.5. The summed E-state index contributed by atoms with van der Waals surface area (Å²) in [7, 11) is 1.52. The molecule has 1 unspecified atom stereocenters. The molecule has 9 heteroatoms. The normalized spacial score (nSPS) is 17.0. The highest BCUT2D eigenvalue weighted by atomic mass is 35.5. The van der Waals surface area contributed by atoms with Gasteiger partial charge in [-0.3, -0.25) is 19.3 Å². The molecule has 1 aliphatic heterocycles. The Bertz CT molecular complexity index is 1350. The van der Waals surface area contributed by atoms with Crippen LogP contribution in [-0.4, -0.2) is 35.0 Å². The Morgan fingerprint density at radius 2 is 1.60 bits per heavy atom. The summed E-state index contributed by atoms with van der Waals surface area (Å²) < 4.78 is 5.21. The summed E-state index contributed by atoms with van der Waals surface area (Å²) in [4.78, 5) is 38.7. The zero-order valence-corrected chi connectivity index (χ0v) is 19.9. The number of ether oxygens (including phenoxy) is 1. The molecule has 1 heterocycles. The lowest BCUT2D eigenvalue weighted by molar-refractivity contribution is -0.136. The van der Waals surface area contributed by atoms with E-state index in [0.29, 0.717) is 22.6 Å². The topological polar surface area (TPSA) is 104 Å². The van der Waals surface area contributed by atoms with Gasteiger partial charge in [-0.15, -0.1) is 0 Å². The Morgan fingerprint density at radius 3 is 2.17 bits per heavy atom. The number of anilines is 1. The van der Waals surface area contributed by atoms with Crippen molar-refractivity contribution >= 4 is 52.3 Å². The molecule has 1 amide bonds. The standard InChI is InChI=1S/C26H19Cl2NO6/c1-35-18-9-4-15(5-10-18)23-22(24(32)16-6-11-19(27)20(28)13-16)25(33)26(34)29(23)17-7-2-14(3-8-17)12-21(30)31/h2-11,13,23,32H,12H2,1H3,(H,30,31)/b24-22-. The molecule has 1 saturated heterocycles. The van der Waals surface area contributed by atoms with Crippen LogP contribution in [0.4, 0.5) is 5.69 Å². The van der Waals surface area contributed by atoms with Crippen LogP contribution in [0, 0.1) is 0 Å². The first-order chi connectivity index (χ1) is 16.7. The average Bonchev–Trinajstić information content (AvgIpc) is 3.11. The van der Waals surface area contributed by atoms with Crippen molar-refractivity contribution in [2.24, 2.45) is 0 Å². The van der Waals surface area contributed by atoms with Gasteiger partial charge in [-0.25, -0.2) is 0 Å². The summed E-state index contributed by atoms with van der Waals surface area (Å²) >= 11 is 12.1. The molecule has 1 atom stereocenters. The smallest absolute Gasteiger partial charge is 0.307 e. The van der Waals surface area contributed by atoms with Gasteiger partial charge in [0.2, 0.25) is 0 Å². The maximum atomic E-state index is 13.2. The van der Waals surface area contributed by atoms with Crippen LogP contribution in [0.2, 0.25) is 10.0 Å². The fraction of sp³-hybridized carbons (Fsp3) is 0.115. The summed E-state index contributed by atoms with van der Waals surface area (Å²) in [5.74, 6) is -2.51. The van der Waals surface area contributed by atoms with Crippen molar-refractivity contribution in [3.05, 3.63) is 99.0 Å². The van der Waals surface area contributed by atoms with Gasteiger partial charge in [0.15, 0.2) is 0 Å². The summed E-state index contributed by atoms with van der Waals surface area (Å²) in [6.45, 7) is 0. The van der Waals surface area contributed by atoms with E-state index in [2.05, 4.69) is 0 Å². The number of amides is 1. The maximum Gasteiger partial charge on any atom is 0.307 e. The van der Waals surface area contributed by atoms with Crippen LogP contribution >= 0.6 is 23.2 Å². The molecule has 1 fully saturated rings. The Labute approximate surface area is 210 Å². The van der Waals surface area contributed by atoms with Gasteiger partial charge in [0.1, 0.15) is 11.5 Å². The van der Waals surface area contributed by atoms with Gasteiger partial charge in [0, 0.05) is 11.3 Å². The minimum absolute atomic E-state index is 0.117. The molecule has 0 bridgehead atoms. The quantitative estimate of drug-likeness (QED) is 0.266. The van der Waals surface area contributed by atoms with Crippen molar-refractivity contribution in [3.8, 4) is 5.75 Å². The van der Waals surface area contributed by atoms with Crippen molar-refractivity contribution in [2.45, 2.75) is 12.5 Å². The van der Waals surface area contributed by atoms with Gasteiger partial charge >= 0.3 is 5.97 Å². The first-order valence-electron chi connectivity index (χ1n) is 10.4. The first-order valence-corrected chi connectivity index (χ1v) is 11.2. The van der Waals surface area contributed by atoms with E-state index in [1.807, 2.05) is 0 Å². The molecule has 0 spiro atoms. The van der Waals surface area contributed by atoms with E-state index in [-0.39, 0.29) is 27.6 Å². The van der Waals surface area contributed by atoms with Crippen LogP contribution in [-0.2, 0) is 20.8 Å². The van der Waals surface area contributed by atoms with E-state index in [1.54, 1.807) is 48.5 Å². The molecule has 35 heavy (non-hydrogen) atoms. The largest absolute Gasteiger partial charge is 0.507 e. The van der Waals surface area contributed by atoms with Crippen molar-refractivity contribution in [1.29, 1.82) is 0 Å². The molecular formula is C26H19Cl2NO6. The molecule has 0 saturated carbocycles. The number of Topliss-reactive ketones (excluding diaryl/α,β-unsaturated/α-hetero) is 1. The number of ketones is 1. The summed E-state index contributed by atoms with van der Waals surface area (Å²) in [6.07, 6.45) is -0.182. The second-order valence-electron chi connectivity index (χ2n) is 7.81. The van der Waals surface area contributed by atoms with E-state index in [9.17, 15) is 19.5 Å². The number of halogens is 2. The second kappa shape index (κ2) is 9.82. The predicted molar refractivity (Wildman–Crippen MR) is 132 cm³/mol. The number of hydrogen-bond donors (Lipinski definition) is 2. The third-order valence-electron chi connectivity index (χ3n) is 5.64. The monoisotopic (exact) mass is 511 g/mol. The first kappa shape index (κ1) is 24.3. The minimum atomic E-state index is -0.988. The number of rotatable bonds is 6. The number of carbonyl (C=O) groups is 3. The molecule has 4 rings (SSSR count). The molecule has 3 aromatic carbocycles. The number of methoxy groups -OCH3 is 1. The number of carboxylic acid groups (broad SMARTS) is 1. The zero-order valence-electron chi connectivity index (χ0n) is 18.4. The van der Waals surface area contributed by atoms with Crippen LogP contribution in [0.1, 0.15) is 22.7 Å².